The van der Waals surface area contributed by atoms with E-state index in [1.807, 2.05) is 26.0 Å². The van der Waals surface area contributed by atoms with E-state index in [1.54, 1.807) is 12.1 Å². The SMILES string of the molecule is CC(C)NS(=O)(=O)c1ccccc1N(CCN)C1CCC1. The first-order valence-corrected chi connectivity index (χ1v) is 9.02. The van der Waals surface area contributed by atoms with Crippen LogP contribution in [-0.2, 0) is 10.0 Å². The summed E-state index contributed by atoms with van der Waals surface area (Å²) >= 11 is 0. The van der Waals surface area contributed by atoms with Gasteiger partial charge in [-0.25, -0.2) is 13.1 Å². The number of anilines is 1. The first kappa shape index (κ1) is 16.3. The molecule has 0 radical (unpaired) electrons. The Morgan fingerprint density at radius 1 is 1.33 bits per heavy atom. The first-order valence-electron chi connectivity index (χ1n) is 7.54. The Morgan fingerprint density at radius 2 is 2.00 bits per heavy atom. The lowest BCUT2D eigenvalue weighted by Crippen LogP contribution is -2.44. The van der Waals surface area contributed by atoms with E-state index in [-0.39, 0.29) is 6.04 Å². The highest BCUT2D eigenvalue weighted by molar-refractivity contribution is 7.89. The van der Waals surface area contributed by atoms with Gasteiger partial charge in [-0.05, 0) is 45.2 Å². The number of nitrogens with one attached hydrogen (secondary N) is 1. The van der Waals surface area contributed by atoms with Crippen LogP contribution in [0.3, 0.4) is 0 Å². The van der Waals surface area contributed by atoms with Gasteiger partial charge in [-0.3, -0.25) is 0 Å². The number of benzene rings is 1. The van der Waals surface area contributed by atoms with Crippen LogP contribution < -0.4 is 15.4 Å². The van der Waals surface area contributed by atoms with Crippen LogP contribution in [0.1, 0.15) is 33.1 Å². The largest absolute Gasteiger partial charge is 0.366 e. The quantitative estimate of drug-likeness (QED) is 0.803. The molecule has 1 fully saturated rings. The number of sulfonamides is 1. The normalized spacial score (nSPS) is 16.0. The van der Waals surface area contributed by atoms with Crippen molar-refractivity contribution in [1.29, 1.82) is 0 Å². The van der Waals surface area contributed by atoms with E-state index < -0.39 is 10.0 Å². The van der Waals surface area contributed by atoms with Crippen molar-refractivity contribution in [1.82, 2.24) is 4.72 Å². The molecule has 0 atom stereocenters. The summed E-state index contributed by atoms with van der Waals surface area (Å²) in [5.41, 5.74) is 6.48. The van der Waals surface area contributed by atoms with E-state index in [1.165, 1.54) is 6.42 Å². The van der Waals surface area contributed by atoms with Gasteiger partial charge in [0, 0.05) is 25.2 Å². The third kappa shape index (κ3) is 3.75. The fourth-order valence-corrected chi connectivity index (χ4v) is 4.10. The maximum absolute atomic E-state index is 12.5. The van der Waals surface area contributed by atoms with Crippen LogP contribution in [0, 0.1) is 0 Å². The van der Waals surface area contributed by atoms with Crippen molar-refractivity contribution in [3.05, 3.63) is 24.3 Å². The Kier molecular flexibility index (Phi) is 5.24. The van der Waals surface area contributed by atoms with Crippen molar-refractivity contribution < 1.29 is 8.42 Å². The standard InChI is InChI=1S/C15H25N3O2S/c1-12(2)17-21(19,20)15-9-4-3-8-14(15)18(11-10-16)13-6-5-7-13/h3-4,8-9,12-13,17H,5-7,10-11,16H2,1-2H3. The van der Waals surface area contributed by atoms with Crippen LogP contribution >= 0.6 is 0 Å². The molecule has 0 heterocycles. The molecule has 0 aromatic heterocycles. The van der Waals surface area contributed by atoms with Crippen LogP contribution in [-0.4, -0.2) is 33.6 Å². The zero-order chi connectivity index (χ0) is 15.5. The minimum Gasteiger partial charge on any atom is -0.366 e. The van der Waals surface area contributed by atoms with Gasteiger partial charge in [-0.1, -0.05) is 12.1 Å². The molecule has 1 aliphatic rings. The molecule has 0 aliphatic heterocycles. The zero-order valence-corrected chi connectivity index (χ0v) is 13.6. The van der Waals surface area contributed by atoms with E-state index >= 15 is 0 Å². The maximum Gasteiger partial charge on any atom is 0.242 e. The molecule has 1 aromatic carbocycles. The molecule has 118 valence electrons. The summed E-state index contributed by atoms with van der Waals surface area (Å²) in [5, 5.41) is 0. The highest BCUT2D eigenvalue weighted by Gasteiger charge is 2.29. The molecule has 0 unspecified atom stereocenters. The predicted molar refractivity (Wildman–Crippen MR) is 85.9 cm³/mol. The molecule has 0 amide bonds. The topological polar surface area (TPSA) is 75.4 Å². The number of nitrogens with zero attached hydrogens (tertiary/aromatic N) is 1. The van der Waals surface area contributed by atoms with E-state index in [0.29, 0.717) is 24.0 Å². The van der Waals surface area contributed by atoms with Gasteiger partial charge in [0.15, 0.2) is 0 Å². The minimum absolute atomic E-state index is 0.130. The fraction of sp³-hybridized carbons (Fsp3) is 0.600. The van der Waals surface area contributed by atoms with E-state index in [4.69, 9.17) is 5.73 Å². The molecule has 2 rings (SSSR count). The third-order valence-electron chi connectivity index (χ3n) is 3.74. The van der Waals surface area contributed by atoms with Gasteiger partial charge < -0.3 is 10.6 Å². The van der Waals surface area contributed by atoms with Crippen LogP contribution in [0.25, 0.3) is 0 Å². The van der Waals surface area contributed by atoms with Gasteiger partial charge in [-0.2, -0.15) is 0 Å². The molecule has 3 N–H and O–H groups in total. The maximum atomic E-state index is 12.5. The van der Waals surface area contributed by atoms with Crippen molar-refractivity contribution in [3.8, 4) is 0 Å². The van der Waals surface area contributed by atoms with E-state index in [9.17, 15) is 8.42 Å². The van der Waals surface area contributed by atoms with Crippen LogP contribution in [0.2, 0.25) is 0 Å². The highest BCUT2D eigenvalue weighted by Crippen LogP contribution is 2.33. The molecule has 0 bridgehead atoms. The van der Waals surface area contributed by atoms with Crippen molar-refractivity contribution >= 4 is 15.7 Å². The van der Waals surface area contributed by atoms with Crippen LogP contribution in [0.5, 0.6) is 0 Å². The van der Waals surface area contributed by atoms with Gasteiger partial charge in [0.2, 0.25) is 10.0 Å². The molecule has 0 spiro atoms. The van der Waals surface area contributed by atoms with Crippen LogP contribution in [0.15, 0.2) is 29.2 Å². The summed E-state index contributed by atoms with van der Waals surface area (Å²) in [4.78, 5) is 2.50. The van der Waals surface area contributed by atoms with Crippen molar-refractivity contribution in [2.75, 3.05) is 18.0 Å². The third-order valence-corrected chi connectivity index (χ3v) is 5.45. The molecule has 1 aliphatic carbocycles. The number of hydrogen-bond acceptors (Lipinski definition) is 4. The predicted octanol–water partition coefficient (Wildman–Crippen LogP) is 1.69. The summed E-state index contributed by atoms with van der Waals surface area (Å²) in [7, 11) is -3.50. The Bertz CT molecular complexity index is 568. The Morgan fingerprint density at radius 3 is 2.52 bits per heavy atom. The lowest BCUT2D eigenvalue weighted by atomic mass is 9.91. The summed E-state index contributed by atoms with van der Waals surface area (Å²) in [6.07, 6.45) is 3.41. The second-order valence-electron chi connectivity index (χ2n) is 5.81. The zero-order valence-electron chi connectivity index (χ0n) is 12.7. The Labute approximate surface area is 127 Å². The molecule has 1 saturated carbocycles. The molecule has 1 aromatic rings. The molecule has 21 heavy (non-hydrogen) atoms. The number of rotatable bonds is 7. The molecular weight excluding hydrogens is 286 g/mol. The van der Waals surface area contributed by atoms with E-state index in [0.717, 1.165) is 18.5 Å². The lowest BCUT2D eigenvalue weighted by Gasteiger charge is -2.40. The van der Waals surface area contributed by atoms with E-state index in [2.05, 4.69) is 9.62 Å². The molecule has 5 nitrogen and oxygen atoms in total. The van der Waals surface area contributed by atoms with Crippen molar-refractivity contribution in [3.63, 3.8) is 0 Å². The first-order chi connectivity index (χ1) is 9.95. The summed E-state index contributed by atoms with van der Waals surface area (Å²) in [6, 6.07) is 7.47. The van der Waals surface area contributed by atoms with Crippen LogP contribution in [0.4, 0.5) is 5.69 Å². The highest BCUT2D eigenvalue weighted by atomic mass is 32.2. The average Bonchev–Trinajstić information content (AvgIpc) is 2.34. The number of hydrogen-bond donors (Lipinski definition) is 2. The fourth-order valence-electron chi connectivity index (χ4n) is 2.63. The van der Waals surface area contributed by atoms with Gasteiger partial charge in [0.05, 0.1) is 5.69 Å². The second kappa shape index (κ2) is 6.77. The lowest BCUT2D eigenvalue weighted by molar-refractivity contribution is 0.386. The smallest absolute Gasteiger partial charge is 0.242 e. The molecule has 6 heteroatoms. The van der Waals surface area contributed by atoms with Gasteiger partial charge in [-0.15, -0.1) is 0 Å². The average molecular weight is 311 g/mol. The van der Waals surface area contributed by atoms with Crippen molar-refractivity contribution in [2.45, 2.75) is 50.1 Å². The monoisotopic (exact) mass is 311 g/mol. The van der Waals surface area contributed by atoms with Gasteiger partial charge in [0.1, 0.15) is 4.90 Å². The number of para-hydroxylation sites is 1. The Hall–Kier alpha value is -1.11. The molecular formula is C15H25N3O2S. The number of nitrogens with two attached hydrogens (primary N) is 1. The second-order valence-corrected chi connectivity index (χ2v) is 7.49. The minimum atomic E-state index is -3.50. The molecule has 0 saturated heterocycles. The van der Waals surface area contributed by atoms with Gasteiger partial charge >= 0.3 is 0 Å². The summed E-state index contributed by atoms with van der Waals surface area (Å²) in [5.74, 6) is 0. The summed E-state index contributed by atoms with van der Waals surface area (Å²) in [6.45, 7) is 4.84. The van der Waals surface area contributed by atoms with Gasteiger partial charge in [0.25, 0.3) is 0 Å². The summed E-state index contributed by atoms with van der Waals surface area (Å²) < 4.78 is 27.7. The Balaban J connectivity index is 2.39. The van der Waals surface area contributed by atoms with Crippen molar-refractivity contribution in [2.24, 2.45) is 5.73 Å².